The van der Waals surface area contributed by atoms with Crippen LogP contribution in [0.1, 0.15) is 132 Å². The fourth-order valence-electron chi connectivity index (χ4n) is 7.22. The highest BCUT2D eigenvalue weighted by atomic mass is 16.5. The summed E-state index contributed by atoms with van der Waals surface area (Å²) in [6.07, 6.45) is 14.2. The molecule has 0 fully saturated rings. The van der Waals surface area contributed by atoms with Gasteiger partial charge < -0.3 is 39.3 Å². The summed E-state index contributed by atoms with van der Waals surface area (Å²) in [7, 11) is 8.34. The van der Waals surface area contributed by atoms with Crippen LogP contribution >= 0.6 is 0 Å². The van der Waals surface area contributed by atoms with Crippen molar-refractivity contribution in [2.75, 3.05) is 107 Å². The Morgan fingerprint density at radius 1 is 0.476 bits per heavy atom. The van der Waals surface area contributed by atoms with Crippen LogP contribution in [0.4, 0.5) is 0 Å². The van der Waals surface area contributed by atoms with E-state index in [4.69, 9.17) is 9.47 Å². The van der Waals surface area contributed by atoms with E-state index in [0.717, 1.165) is 114 Å². The predicted octanol–water partition coefficient (Wildman–Crippen LogP) is 10.5. The molecule has 3 aromatic carbocycles. The van der Waals surface area contributed by atoms with Crippen LogP contribution < -0.4 is 14.8 Å². The van der Waals surface area contributed by atoms with Gasteiger partial charge >= 0.3 is 0 Å². The molecule has 0 spiro atoms. The first kappa shape index (κ1) is 55.7. The van der Waals surface area contributed by atoms with Crippen LogP contribution in [0.25, 0.3) is 0 Å². The van der Waals surface area contributed by atoms with Gasteiger partial charge in [0.2, 0.25) is 0 Å². The molecule has 63 heavy (non-hydrogen) atoms. The molecule has 0 aliphatic rings. The molecule has 3 aromatic rings. The van der Waals surface area contributed by atoms with Gasteiger partial charge in [0.25, 0.3) is 5.91 Å². The van der Waals surface area contributed by atoms with Gasteiger partial charge in [0.05, 0.1) is 13.2 Å². The number of nitrogens with one attached hydrogen (secondary N) is 1. The second-order valence-electron chi connectivity index (χ2n) is 17.7. The number of aryl methyl sites for hydroxylation is 1. The third kappa shape index (κ3) is 26.8. The smallest absolute Gasteiger partial charge is 0.254 e. The molecule has 1 N–H and O–H groups in total. The molecule has 0 unspecified atom stereocenters. The van der Waals surface area contributed by atoms with Crippen LogP contribution in [-0.2, 0) is 19.5 Å². The lowest BCUT2D eigenvalue weighted by Crippen LogP contribution is -2.39. The molecule has 0 radical (unpaired) electrons. The third-order valence-corrected chi connectivity index (χ3v) is 11.2. The number of hydrogen-bond donors (Lipinski definition) is 1. The van der Waals surface area contributed by atoms with E-state index in [1.165, 1.54) is 75.6 Å². The Balaban J connectivity index is 0.000000462. The Kier molecular flexibility index (Phi) is 31.7. The first-order valence-electron chi connectivity index (χ1n) is 24.9. The van der Waals surface area contributed by atoms with Crippen LogP contribution in [0.2, 0.25) is 0 Å². The summed E-state index contributed by atoms with van der Waals surface area (Å²) in [5.41, 5.74) is 4.51. The third-order valence-electron chi connectivity index (χ3n) is 11.2. The molecular formula is C54H92N6O3. The van der Waals surface area contributed by atoms with Crippen molar-refractivity contribution in [3.8, 4) is 11.5 Å². The maximum absolute atomic E-state index is 13.6. The molecular weight excluding hydrogens is 781 g/mol. The van der Waals surface area contributed by atoms with E-state index < -0.39 is 0 Å². The second-order valence-corrected chi connectivity index (χ2v) is 17.7. The van der Waals surface area contributed by atoms with E-state index in [9.17, 15) is 4.79 Å². The molecule has 9 heteroatoms. The van der Waals surface area contributed by atoms with Gasteiger partial charge in [-0.3, -0.25) is 4.79 Å². The zero-order chi connectivity index (χ0) is 45.9. The minimum atomic E-state index is 0.109. The largest absolute Gasteiger partial charge is 0.494 e. The van der Waals surface area contributed by atoms with E-state index in [1.54, 1.807) is 0 Å². The molecule has 0 heterocycles. The summed E-state index contributed by atoms with van der Waals surface area (Å²) in [5.74, 6) is 1.97. The Morgan fingerprint density at radius 2 is 0.921 bits per heavy atom. The standard InChI is InChI=1S/C32H51N3O2.C22H41N3O/c1-6-9-22-34(23-10-7-2)24-25-35(32(36)30-17-13-28(12-8-3)14-18-30)27-29-15-19-31(20-16-29)37-26-11-21-33(4)5;1-5-7-16-25(17-8-6-2)18-14-23-20-21-10-12-22(13-11-21)26-19-9-15-24(3)4/h13-20H,6-12,21-27H2,1-5H3;10-13,23H,5-9,14-20H2,1-4H3. The Hall–Kier alpha value is -3.47. The van der Waals surface area contributed by atoms with Crippen LogP contribution in [0.15, 0.2) is 72.8 Å². The molecule has 0 atom stereocenters. The fourth-order valence-corrected chi connectivity index (χ4v) is 7.22. The number of carbonyl (C=O) groups is 1. The SMILES string of the molecule is CCCCN(CCCC)CCN(Cc1ccc(OCCCN(C)C)cc1)C(=O)c1ccc(CCC)cc1.CCCCN(CCCC)CCNCc1ccc(OCCCN(C)C)cc1. The van der Waals surface area contributed by atoms with Crippen molar-refractivity contribution in [1.29, 1.82) is 0 Å². The molecule has 0 aliphatic heterocycles. The van der Waals surface area contributed by atoms with Crippen LogP contribution in [0.3, 0.4) is 0 Å². The number of hydrogen-bond acceptors (Lipinski definition) is 8. The summed E-state index contributed by atoms with van der Waals surface area (Å²) < 4.78 is 11.7. The number of amides is 1. The van der Waals surface area contributed by atoms with E-state index in [1.807, 2.05) is 29.2 Å². The second kappa shape index (κ2) is 35.8. The van der Waals surface area contributed by atoms with E-state index >= 15 is 0 Å². The van der Waals surface area contributed by atoms with E-state index in [2.05, 4.69) is 136 Å². The molecule has 356 valence electrons. The van der Waals surface area contributed by atoms with Crippen molar-refractivity contribution >= 4 is 5.91 Å². The normalized spacial score (nSPS) is 11.4. The molecule has 1 amide bonds. The highest BCUT2D eigenvalue weighted by Crippen LogP contribution is 2.17. The zero-order valence-electron chi connectivity index (χ0n) is 41.8. The van der Waals surface area contributed by atoms with Crippen molar-refractivity contribution in [1.82, 2.24) is 29.8 Å². The number of unbranched alkanes of at least 4 members (excludes halogenated alkanes) is 4. The number of carbonyl (C=O) groups excluding carboxylic acids is 1. The minimum Gasteiger partial charge on any atom is -0.494 e. The van der Waals surface area contributed by atoms with Crippen LogP contribution in [0.5, 0.6) is 11.5 Å². The topological polar surface area (TPSA) is 63.8 Å². The van der Waals surface area contributed by atoms with Gasteiger partial charge in [0, 0.05) is 57.9 Å². The maximum atomic E-state index is 13.6. The van der Waals surface area contributed by atoms with Gasteiger partial charge in [-0.2, -0.15) is 0 Å². The van der Waals surface area contributed by atoms with Gasteiger partial charge in [-0.15, -0.1) is 0 Å². The monoisotopic (exact) mass is 873 g/mol. The number of benzene rings is 3. The van der Waals surface area contributed by atoms with E-state index in [-0.39, 0.29) is 5.91 Å². The average Bonchev–Trinajstić information content (AvgIpc) is 3.29. The summed E-state index contributed by atoms with van der Waals surface area (Å²) in [6.45, 7) is 24.8. The molecule has 0 aromatic heterocycles. The van der Waals surface area contributed by atoms with Crippen molar-refractivity contribution in [3.05, 3.63) is 95.1 Å². The van der Waals surface area contributed by atoms with Crippen molar-refractivity contribution in [2.24, 2.45) is 0 Å². The first-order chi connectivity index (χ1) is 30.6. The van der Waals surface area contributed by atoms with Crippen LogP contribution in [0, 0.1) is 0 Å². The Morgan fingerprint density at radius 3 is 1.37 bits per heavy atom. The molecule has 3 rings (SSSR count). The number of nitrogens with zero attached hydrogens (tertiary/aromatic N) is 5. The van der Waals surface area contributed by atoms with Crippen molar-refractivity contribution in [2.45, 2.75) is 125 Å². The quantitative estimate of drug-likeness (QED) is 0.0587. The predicted molar refractivity (Wildman–Crippen MR) is 270 cm³/mol. The van der Waals surface area contributed by atoms with Gasteiger partial charge in [-0.25, -0.2) is 0 Å². The molecule has 0 saturated heterocycles. The lowest BCUT2D eigenvalue weighted by atomic mass is 10.1. The van der Waals surface area contributed by atoms with Crippen molar-refractivity contribution < 1.29 is 14.3 Å². The van der Waals surface area contributed by atoms with Gasteiger partial charge in [0.1, 0.15) is 11.5 Å². The first-order valence-corrected chi connectivity index (χ1v) is 24.9. The highest BCUT2D eigenvalue weighted by molar-refractivity contribution is 5.94. The van der Waals surface area contributed by atoms with Crippen molar-refractivity contribution in [3.63, 3.8) is 0 Å². The molecule has 9 nitrogen and oxygen atoms in total. The fraction of sp³-hybridized carbons (Fsp3) is 0.648. The zero-order valence-corrected chi connectivity index (χ0v) is 41.8. The van der Waals surface area contributed by atoms with Gasteiger partial charge in [0.15, 0.2) is 0 Å². The number of ether oxygens (including phenoxy) is 2. The average molecular weight is 873 g/mol. The highest BCUT2D eigenvalue weighted by Gasteiger charge is 2.18. The van der Waals surface area contributed by atoms with Gasteiger partial charge in [-0.05, 0) is 152 Å². The van der Waals surface area contributed by atoms with E-state index in [0.29, 0.717) is 13.2 Å². The lowest BCUT2D eigenvalue weighted by Gasteiger charge is -2.28. The summed E-state index contributed by atoms with van der Waals surface area (Å²) in [4.78, 5) is 25.1. The number of rotatable bonds is 35. The summed E-state index contributed by atoms with van der Waals surface area (Å²) in [5, 5.41) is 3.58. The molecule has 0 bridgehead atoms. The minimum absolute atomic E-state index is 0.109. The summed E-state index contributed by atoms with van der Waals surface area (Å²) in [6, 6.07) is 25.0. The Bertz CT molecular complexity index is 1500. The molecule has 0 saturated carbocycles. The Labute approximate surface area is 386 Å². The lowest BCUT2D eigenvalue weighted by molar-refractivity contribution is 0.0720. The van der Waals surface area contributed by atoms with Crippen LogP contribution in [-0.4, -0.2) is 137 Å². The van der Waals surface area contributed by atoms with Gasteiger partial charge in [-0.1, -0.05) is 103 Å². The summed E-state index contributed by atoms with van der Waals surface area (Å²) >= 11 is 0. The maximum Gasteiger partial charge on any atom is 0.254 e. The molecule has 0 aliphatic carbocycles.